The first kappa shape index (κ1) is 14.9. The number of aryl methyl sites for hydroxylation is 1. The molecule has 0 aromatic carbocycles. The third kappa shape index (κ3) is 3.18. The first-order chi connectivity index (χ1) is 11.8. The van der Waals surface area contributed by atoms with E-state index in [-0.39, 0.29) is 12.1 Å². The van der Waals surface area contributed by atoms with Gasteiger partial charge in [0.25, 0.3) is 0 Å². The Kier molecular flexibility index (Phi) is 4.04. The summed E-state index contributed by atoms with van der Waals surface area (Å²) in [6.07, 6.45) is 6.18. The number of rotatable bonds is 4. The first-order valence-corrected chi connectivity index (χ1v) is 8.79. The lowest BCUT2D eigenvalue weighted by Gasteiger charge is -2.23. The summed E-state index contributed by atoms with van der Waals surface area (Å²) in [6, 6.07) is 5.81. The van der Waals surface area contributed by atoms with Crippen LogP contribution in [-0.2, 0) is 19.4 Å². The second-order valence-corrected chi connectivity index (χ2v) is 6.90. The summed E-state index contributed by atoms with van der Waals surface area (Å²) in [5.74, 6) is 0.695. The number of H-pyrrole nitrogens is 1. The van der Waals surface area contributed by atoms with Crippen molar-refractivity contribution in [3.8, 4) is 0 Å². The zero-order chi connectivity index (χ0) is 16.4. The van der Waals surface area contributed by atoms with Crippen molar-refractivity contribution in [2.45, 2.75) is 31.8 Å². The molecule has 0 bridgehead atoms. The van der Waals surface area contributed by atoms with Crippen LogP contribution in [0, 0.1) is 0 Å². The van der Waals surface area contributed by atoms with E-state index in [1.54, 1.807) is 22.2 Å². The van der Waals surface area contributed by atoms with Crippen molar-refractivity contribution >= 4 is 23.2 Å². The molecule has 1 atom stereocenters. The minimum atomic E-state index is -0.195. The van der Waals surface area contributed by atoms with Crippen LogP contribution in [0.2, 0.25) is 0 Å². The summed E-state index contributed by atoms with van der Waals surface area (Å²) in [5, 5.41) is 19.3. The van der Waals surface area contributed by atoms with Gasteiger partial charge < -0.3 is 5.32 Å². The van der Waals surface area contributed by atoms with Crippen molar-refractivity contribution in [2.24, 2.45) is 0 Å². The molecule has 0 radical (unpaired) electrons. The third-order valence-electron chi connectivity index (χ3n) is 4.20. The Morgan fingerprint density at radius 1 is 1.46 bits per heavy atom. The molecule has 8 heteroatoms. The maximum absolute atomic E-state index is 12.3. The Morgan fingerprint density at radius 2 is 2.42 bits per heavy atom. The molecule has 0 unspecified atom stereocenters. The van der Waals surface area contributed by atoms with E-state index in [0.717, 1.165) is 19.3 Å². The third-order valence-corrected chi connectivity index (χ3v) is 5.06. The van der Waals surface area contributed by atoms with Gasteiger partial charge in [-0.15, -0.1) is 11.3 Å². The summed E-state index contributed by atoms with van der Waals surface area (Å²) >= 11 is 1.67. The molecule has 3 aromatic heterocycles. The minimum absolute atomic E-state index is 0.128. The molecule has 3 heterocycles. The van der Waals surface area contributed by atoms with Crippen molar-refractivity contribution in [1.82, 2.24) is 25.3 Å². The Hall–Kier alpha value is -2.61. The average Bonchev–Trinajstić information content (AvgIpc) is 3.30. The molecule has 1 aliphatic carbocycles. The maximum Gasteiger partial charge on any atom is 0.320 e. The van der Waals surface area contributed by atoms with Crippen LogP contribution in [0.15, 0.2) is 36.0 Å². The molecule has 1 aliphatic rings. The van der Waals surface area contributed by atoms with Gasteiger partial charge >= 0.3 is 6.03 Å². The second kappa shape index (κ2) is 6.48. The summed E-state index contributed by atoms with van der Waals surface area (Å²) < 4.78 is 1.79. The summed E-state index contributed by atoms with van der Waals surface area (Å²) in [7, 11) is 0. The van der Waals surface area contributed by atoms with E-state index in [4.69, 9.17) is 0 Å². The number of carbonyl (C=O) groups is 1. The lowest BCUT2D eigenvalue weighted by Crippen LogP contribution is -2.41. The monoisotopic (exact) mass is 342 g/mol. The molecule has 0 saturated carbocycles. The molecule has 4 rings (SSSR count). The highest BCUT2D eigenvalue weighted by atomic mass is 32.1. The minimum Gasteiger partial charge on any atom is -0.335 e. The van der Waals surface area contributed by atoms with E-state index < -0.39 is 0 Å². The highest BCUT2D eigenvalue weighted by Crippen LogP contribution is 2.19. The lowest BCUT2D eigenvalue weighted by molar-refractivity contribution is 0.247. The van der Waals surface area contributed by atoms with Crippen molar-refractivity contribution in [2.75, 3.05) is 5.32 Å². The number of aromatic nitrogens is 4. The van der Waals surface area contributed by atoms with Gasteiger partial charge in [-0.25, -0.2) is 9.48 Å². The highest BCUT2D eigenvalue weighted by Gasteiger charge is 2.21. The largest absolute Gasteiger partial charge is 0.335 e. The fourth-order valence-corrected chi connectivity index (χ4v) is 3.68. The van der Waals surface area contributed by atoms with Gasteiger partial charge in [-0.3, -0.25) is 10.4 Å². The number of amides is 2. The van der Waals surface area contributed by atoms with Crippen molar-refractivity contribution in [3.05, 3.63) is 52.1 Å². The molecule has 24 heavy (non-hydrogen) atoms. The molecule has 0 spiro atoms. The predicted octanol–water partition coefficient (Wildman–Crippen LogP) is 2.40. The molecule has 0 aliphatic heterocycles. The number of hydrogen-bond acceptors (Lipinski definition) is 4. The van der Waals surface area contributed by atoms with Crippen LogP contribution in [0.25, 0.3) is 0 Å². The van der Waals surface area contributed by atoms with Gasteiger partial charge in [0.05, 0.1) is 18.9 Å². The number of carbonyl (C=O) groups excluding carboxylic acids is 1. The zero-order valence-corrected chi connectivity index (χ0v) is 13.8. The molecule has 0 saturated heterocycles. The van der Waals surface area contributed by atoms with Gasteiger partial charge in [-0.05, 0) is 36.3 Å². The van der Waals surface area contributed by atoms with Crippen LogP contribution in [0.5, 0.6) is 0 Å². The topological polar surface area (TPSA) is 87.6 Å². The van der Waals surface area contributed by atoms with Crippen molar-refractivity contribution in [3.63, 3.8) is 0 Å². The Bertz CT molecular complexity index is 821. The fraction of sp³-hybridized carbons (Fsp3) is 0.312. The van der Waals surface area contributed by atoms with Gasteiger partial charge in [0, 0.05) is 22.7 Å². The van der Waals surface area contributed by atoms with Crippen LogP contribution in [0.3, 0.4) is 0 Å². The Balaban J connectivity index is 1.36. The zero-order valence-electron chi connectivity index (χ0n) is 13.0. The van der Waals surface area contributed by atoms with Crippen molar-refractivity contribution < 1.29 is 4.79 Å². The number of urea groups is 1. The molecule has 124 valence electrons. The van der Waals surface area contributed by atoms with Gasteiger partial charge in [-0.1, -0.05) is 6.07 Å². The number of anilines is 1. The number of thiophene rings is 1. The van der Waals surface area contributed by atoms with E-state index >= 15 is 0 Å². The molecule has 2 amide bonds. The Morgan fingerprint density at radius 3 is 3.29 bits per heavy atom. The van der Waals surface area contributed by atoms with Crippen LogP contribution in [0.4, 0.5) is 10.6 Å². The van der Waals surface area contributed by atoms with Crippen LogP contribution >= 0.6 is 11.3 Å². The van der Waals surface area contributed by atoms with Crippen LogP contribution in [-0.4, -0.2) is 32.1 Å². The number of nitrogens with zero attached hydrogens (tertiary/aromatic N) is 3. The van der Waals surface area contributed by atoms with Gasteiger partial charge in [0.2, 0.25) is 0 Å². The van der Waals surface area contributed by atoms with Crippen LogP contribution in [0.1, 0.15) is 22.6 Å². The quantitative estimate of drug-likeness (QED) is 0.680. The number of aromatic amines is 1. The normalized spacial score (nSPS) is 16.6. The number of hydrogen-bond donors (Lipinski definition) is 3. The van der Waals surface area contributed by atoms with E-state index in [0.29, 0.717) is 12.4 Å². The molecule has 0 fully saturated rings. The summed E-state index contributed by atoms with van der Waals surface area (Å²) in [5.41, 5.74) is 2.37. The summed E-state index contributed by atoms with van der Waals surface area (Å²) in [4.78, 5) is 13.5. The standard InChI is InChI=1S/C16H18N6OS/c23-16(19-12-3-4-14-11(8-12)9-17-21-14)20-15-5-6-18-22(15)10-13-2-1-7-24-13/h1-2,5-7,9,12H,3-4,8,10H2,(H,17,21)(H2,19,20,23)/t12-/m0/s1. The van der Waals surface area contributed by atoms with Crippen molar-refractivity contribution in [1.29, 1.82) is 0 Å². The average molecular weight is 342 g/mol. The van der Waals surface area contributed by atoms with Crippen LogP contribution < -0.4 is 10.6 Å². The molecular weight excluding hydrogens is 324 g/mol. The summed E-state index contributed by atoms with van der Waals surface area (Å²) in [6.45, 7) is 0.655. The lowest BCUT2D eigenvalue weighted by atomic mass is 9.94. The SMILES string of the molecule is O=C(Nc1ccnn1Cc1cccs1)N[C@H]1CCc2[nH]ncc2C1. The first-order valence-electron chi connectivity index (χ1n) is 7.91. The second-order valence-electron chi connectivity index (χ2n) is 5.87. The number of fused-ring (bicyclic) bond motifs is 1. The van der Waals surface area contributed by atoms with Gasteiger partial charge in [0.15, 0.2) is 0 Å². The predicted molar refractivity (Wildman–Crippen MR) is 92.2 cm³/mol. The van der Waals surface area contributed by atoms with E-state index in [2.05, 4.69) is 32.0 Å². The van der Waals surface area contributed by atoms with E-state index in [1.165, 1.54) is 16.1 Å². The van der Waals surface area contributed by atoms with E-state index in [9.17, 15) is 4.79 Å². The maximum atomic E-state index is 12.3. The Labute approximate surface area is 143 Å². The molecule has 7 nitrogen and oxygen atoms in total. The van der Waals surface area contributed by atoms with Gasteiger partial charge in [0.1, 0.15) is 5.82 Å². The van der Waals surface area contributed by atoms with Gasteiger partial charge in [-0.2, -0.15) is 10.2 Å². The highest BCUT2D eigenvalue weighted by molar-refractivity contribution is 7.09. The smallest absolute Gasteiger partial charge is 0.320 e. The molecule has 3 N–H and O–H groups in total. The fourth-order valence-electron chi connectivity index (χ4n) is 2.99. The number of nitrogens with one attached hydrogen (secondary N) is 3. The molecular formula is C16H18N6OS. The van der Waals surface area contributed by atoms with E-state index in [1.807, 2.05) is 23.7 Å². The molecule has 3 aromatic rings.